The lowest BCUT2D eigenvalue weighted by Crippen LogP contribution is -2.43. The number of hydrogen-bond acceptors (Lipinski definition) is 4. The van der Waals surface area contributed by atoms with Gasteiger partial charge in [0.1, 0.15) is 5.75 Å². The molecule has 27 heavy (non-hydrogen) atoms. The van der Waals surface area contributed by atoms with Crippen molar-refractivity contribution in [3.05, 3.63) is 46.7 Å². The van der Waals surface area contributed by atoms with Crippen molar-refractivity contribution in [2.45, 2.75) is 19.2 Å². The molecule has 1 aromatic heterocycles. The minimum atomic E-state index is -4.76. The van der Waals surface area contributed by atoms with Gasteiger partial charge in [0.05, 0.1) is 10.8 Å². The summed E-state index contributed by atoms with van der Waals surface area (Å²) in [6.45, 7) is 0.918. The van der Waals surface area contributed by atoms with Crippen LogP contribution in [0.2, 0.25) is 0 Å². The lowest BCUT2D eigenvalue weighted by molar-refractivity contribution is -0.274. The van der Waals surface area contributed by atoms with E-state index in [0.717, 1.165) is 12.1 Å². The number of thiophene rings is 1. The summed E-state index contributed by atoms with van der Waals surface area (Å²) in [4.78, 5) is 27.2. The summed E-state index contributed by atoms with van der Waals surface area (Å²) in [6, 6.07) is 8.51. The van der Waals surface area contributed by atoms with E-state index in [1.54, 1.807) is 17.0 Å². The predicted molar refractivity (Wildman–Crippen MR) is 94.7 cm³/mol. The molecule has 2 heterocycles. The van der Waals surface area contributed by atoms with Crippen molar-refractivity contribution in [2.24, 2.45) is 5.92 Å². The summed E-state index contributed by atoms with van der Waals surface area (Å²) < 4.78 is 40.3. The number of anilines is 1. The molecule has 0 aliphatic carbocycles. The van der Waals surface area contributed by atoms with Crippen LogP contribution in [0.25, 0.3) is 0 Å². The van der Waals surface area contributed by atoms with Crippen LogP contribution in [0.3, 0.4) is 0 Å². The molecule has 9 heteroatoms. The number of nitrogens with zero attached hydrogens (tertiary/aromatic N) is 1. The number of halogens is 3. The molecule has 3 rings (SSSR count). The Kier molecular flexibility index (Phi) is 5.69. The predicted octanol–water partition coefficient (Wildman–Crippen LogP) is 4.14. The normalized spacial score (nSPS) is 17.4. The minimum Gasteiger partial charge on any atom is -0.406 e. The van der Waals surface area contributed by atoms with Crippen LogP contribution in [0.5, 0.6) is 5.75 Å². The van der Waals surface area contributed by atoms with Gasteiger partial charge in [0.2, 0.25) is 5.91 Å². The molecule has 0 saturated carbocycles. The molecule has 1 aliphatic rings. The van der Waals surface area contributed by atoms with Gasteiger partial charge < -0.3 is 15.0 Å². The highest BCUT2D eigenvalue weighted by Crippen LogP contribution is 2.25. The molecule has 1 atom stereocenters. The zero-order valence-electron chi connectivity index (χ0n) is 14.2. The van der Waals surface area contributed by atoms with E-state index in [2.05, 4.69) is 10.1 Å². The monoisotopic (exact) mass is 398 g/mol. The maximum absolute atomic E-state index is 12.5. The van der Waals surface area contributed by atoms with Crippen molar-refractivity contribution in [1.29, 1.82) is 0 Å². The molecule has 2 amide bonds. The Bertz CT molecular complexity index is 791. The first kappa shape index (κ1) is 19.2. The first-order valence-electron chi connectivity index (χ1n) is 8.31. The molecule has 1 aliphatic heterocycles. The van der Waals surface area contributed by atoms with E-state index in [0.29, 0.717) is 36.5 Å². The van der Waals surface area contributed by atoms with Crippen LogP contribution in [-0.2, 0) is 4.79 Å². The third-order valence-corrected chi connectivity index (χ3v) is 5.02. The molecule has 1 fully saturated rings. The van der Waals surface area contributed by atoms with E-state index in [9.17, 15) is 22.8 Å². The topological polar surface area (TPSA) is 58.6 Å². The second-order valence-electron chi connectivity index (χ2n) is 6.13. The smallest absolute Gasteiger partial charge is 0.406 e. The third kappa shape index (κ3) is 5.22. The Morgan fingerprint density at radius 2 is 1.93 bits per heavy atom. The van der Waals surface area contributed by atoms with Crippen molar-refractivity contribution in [2.75, 3.05) is 18.4 Å². The highest BCUT2D eigenvalue weighted by molar-refractivity contribution is 7.12. The average Bonchev–Trinajstić information content (AvgIpc) is 3.16. The first-order valence-corrected chi connectivity index (χ1v) is 9.19. The highest BCUT2D eigenvalue weighted by atomic mass is 32.1. The zero-order valence-corrected chi connectivity index (χ0v) is 15.0. The molecule has 5 nitrogen and oxygen atoms in total. The van der Waals surface area contributed by atoms with E-state index >= 15 is 0 Å². The lowest BCUT2D eigenvalue weighted by Gasteiger charge is -2.31. The van der Waals surface area contributed by atoms with Gasteiger partial charge in [0.15, 0.2) is 0 Å². The molecular formula is C18H17F3N2O3S. The first-order chi connectivity index (χ1) is 12.8. The summed E-state index contributed by atoms with van der Waals surface area (Å²) in [5, 5.41) is 4.51. The number of carbonyl (C=O) groups excluding carboxylic acids is 2. The van der Waals surface area contributed by atoms with E-state index in [-0.39, 0.29) is 23.5 Å². The van der Waals surface area contributed by atoms with Crippen LogP contribution in [0.1, 0.15) is 22.5 Å². The van der Waals surface area contributed by atoms with Crippen molar-refractivity contribution in [3.8, 4) is 5.75 Å². The fraction of sp³-hybridized carbons (Fsp3) is 0.333. The summed E-state index contributed by atoms with van der Waals surface area (Å²) in [5.41, 5.74) is 0.372. The van der Waals surface area contributed by atoms with Gasteiger partial charge in [0, 0.05) is 18.8 Å². The molecule has 0 bridgehead atoms. The Balaban J connectivity index is 1.58. The summed E-state index contributed by atoms with van der Waals surface area (Å²) in [5.74, 6) is -1.07. The molecule has 1 N–H and O–H groups in total. The van der Waals surface area contributed by atoms with Crippen molar-refractivity contribution in [1.82, 2.24) is 4.90 Å². The lowest BCUT2D eigenvalue weighted by atomic mass is 9.97. The van der Waals surface area contributed by atoms with Crippen LogP contribution in [0.15, 0.2) is 41.8 Å². The second kappa shape index (κ2) is 7.99. The number of carbonyl (C=O) groups is 2. The van der Waals surface area contributed by atoms with Crippen LogP contribution in [0.4, 0.5) is 18.9 Å². The van der Waals surface area contributed by atoms with E-state index < -0.39 is 6.36 Å². The molecular weight excluding hydrogens is 381 g/mol. The zero-order chi connectivity index (χ0) is 19.4. The van der Waals surface area contributed by atoms with Crippen molar-refractivity contribution in [3.63, 3.8) is 0 Å². The maximum Gasteiger partial charge on any atom is 0.573 e. The number of nitrogens with one attached hydrogen (secondary N) is 1. The van der Waals surface area contributed by atoms with E-state index in [1.807, 2.05) is 5.38 Å². The molecule has 1 aromatic carbocycles. The Morgan fingerprint density at radius 3 is 2.56 bits per heavy atom. The van der Waals surface area contributed by atoms with Gasteiger partial charge in [0.25, 0.3) is 5.91 Å². The van der Waals surface area contributed by atoms with Crippen LogP contribution >= 0.6 is 11.3 Å². The number of likely N-dealkylation sites (tertiary alicyclic amines) is 1. The van der Waals surface area contributed by atoms with Crippen LogP contribution in [0, 0.1) is 5.92 Å². The number of ether oxygens (including phenoxy) is 1. The highest BCUT2D eigenvalue weighted by Gasteiger charge is 2.31. The van der Waals surface area contributed by atoms with Crippen molar-refractivity contribution >= 4 is 28.8 Å². The van der Waals surface area contributed by atoms with Gasteiger partial charge in [-0.1, -0.05) is 6.07 Å². The molecule has 2 aromatic rings. The largest absolute Gasteiger partial charge is 0.573 e. The number of benzene rings is 1. The number of piperidine rings is 1. The Morgan fingerprint density at radius 1 is 1.19 bits per heavy atom. The van der Waals surface area contributed by atoms with E-state index in [1.165, 1.54) is 23.5 Å². The SMILES string of the molecule is O=C(Nc1ccc(OC(F)(F)F)cc1)[C@@H]1CCCN(C(=O)c2cccs2)C1. The molecule has 144 valence electrons. The number of hydrogen-bond donors (Lipinski definition) is 1. The average molecular weight is 398 g/mol. The number of amides is 2. The molecule has 1 saturated heterocycles. The van der Waals surface area contributed by atoms with Crippen molar-refractivity contribution < 1.29 is 27.5 Å². The fourth-order valence-corrected chi connectivity index (χ4v) is 3.61. The third-order valence-electron chi connectivity index (χ3n) is 4.17. The summed E-state index contributed by atoms with van der Waals surface area (Å²) in [7, 11) is 0. The fourth-order valence-electron chi connectivity index (χ4n) is 2.92. The van der Waals surface area contributed by atoms with Gasteiger partial charge in [-0.2, -0.15) is 0 Å². The molecule has 0 radical (unpaired) electrons. The molecule has 0 spiro atoms. The Hall–Kier alpha value is -2.55. The summed E-state index contributed by atoms with van der Waals surface area (Å²) in [6.07, 6.45) is -3.39. The van der Waals surface area contributed by atoms with Gasteiger partial charge in [-0.05, 0) is 48.6 Å². The van der Waals surface area contributed by atoms with Crippen LogP contribution < -0.4 is 10.1 Å². The Labute approximate surface area is 157 Å². The number of rotatable bonds is 4. The molecule has 0 unspecified atom stereocenters. The van der Waals surface area contributed by atoms with E-state index in [4.69, 9.17) is 0 Å². The van der Waals surface area contributed by atoms with Gasteiger partial charge in [-0.15, -0.1) is 24.5 Å². The van der Waals surface area contributed by atoms with Gasteiger partial charge >= 0.3 is 6.36 Å². The standard InChI is InChI=1S/C18H17F3N2O3S/c19-18(20,21)26-14-7-5-13(6-8-14)22-16(24)12-3-1-9-23(11-12)17(25)15-4-2-10-27-15/h2,4-8,10,12H,1,3,9,11H2,(H,22,24)/t12-/m1/s1. The van der Waals surface area contributed by atoms with Gasteiger partial charge in [-0.3, -0.25) is 9.59 Å². The van der Waals surface area contributed by atoms with Gasteiger partial charge in [-0.25, -0.2) is 0 Å². The van der Waals surface area contributed by atoms with Crippen LogP contribution in [-0.4, -0.2) is 36.2 Å². The minimum absolute atomic E-state index is 0.0869. The second-order valence-corrected chi connectivity index (χ2v) is 7.08. The summed E-state index contributed by atoms with van der Waals surface area (Å²) >= 11 is 1.36. The maximum atomic E-state index is 12.5. The number of alkyl halides is 3. The quantitative estimate of drug-likeness (QED) is 0.842.